The summed E-state index contributed by atoms with van der Waals surface area (Å²) in [6.07, 6.45) is 0. The molecular formula is C21H22ClFN4OS2. The Kier molecular flexibility index (Phi) is 8.18. The molecule has 0 unspecified atom stereocenters. The Labute approximate surface area is 188 Å². The van der Waals surface area contributed by atoms with E-state index in [1.54, 1.807) is 30.0 Å². The van der Waals surface area contributed by atoms with Gasteiger partial charge in [-0.15, -0.1) is 22.0 Å². The number of thioether (sulfide) groups is 2. The molecule has 0 bridgehead atoms. The van der Waals surface area contributed by atoms with Gasteiger partial charge in [-0.2, -0.15) is 0 Å². The Morgan fingerprint density at radius 3 is 2.67 bits per heavy atom. The third-order valence-corrected chi connectivity index (χ3v) is 6.77. The smallest absolute Gasteiger partial charge is 0.234 e. The largest absolute Gasteiger partial charge is 0.325 e. The average Bonchev–Trinajstić information content (AvgIpc) is 3.13. The maximum Gasteiger partial charge on any atom is 0.234 e. The first-order valence-electron chi connectivity index (χ1n) is 9.40. The van der Waals surface area contributed by atoms with Gasteiger partial charge in [0.25, 0.3) is 0 Å². The monoisotopic (exact) mass is 464 g/mol. The van der Waals surface area contributed by atoms with Crippen molar-refractivity contribution in [2.45, 2.75) is 37.1 Å². The lowest BCUT2D eigenvalue weighted by Crippen LogP contribution is -2.15. The summed E-state index contributed by atoms with van der Waals surface area (Å²) in [7, 11) is 0. The number of hydrogen-bond acceptors (Lipinski definition) is 5. The lowest BCUT2D eigenvalue weighted by molar-refractivity contribution is -0.113. The van der Waals surface area contributed by atoms with E-state index in [1.165, 1.54) is 23.9 Å². The molecule has 1 heterocycles. The van der Waals surface area contributed by atoms with E-state index in [2.05, 4.69) is 15.5 Å². The molecule has 1 N–H and O–H groups in total. The van der Waals surface area contributed by atoms with E-state index in [4.69, 9.17) is 11.6 Å². The predicted molar refractivity (Wildman–Crippen MR) is 123 cm³/mol. The second-order valence-corrected chi connectivity index (χ2v) is 8.85. The molecule has 0 fully saturated rings. The standard InChI is InChI=1S/C21H22ClFN4OS2/c1-3-27-19(12-29-11-15-7-9-16(23)10-8-15)25-26-21(27)30-13-20(28)24-18-6-4-5-17(22)14(18)2/h4-10H,3,11-13H2,1-2H3,(H,24,28). The zero-order valence-electron chi connectivity index (χ0n) is 16.7. The number of nitrogens with one attached hydrogen (secondary N) is 1. The summed E-state index contributed by atoms with van der Waals surface area (Å²) < 4.78 is 15.0. The van der Waals surface area contributed by atoms with Gasteiger partial charge in [0, 0.05) is 23.0 Å². The number of anilines is 1. The van der Waals surface area contributed by atoms with E-state index in [0.717, 1.165) is 29.2 Å². The van der Waals surface area contributed by atoms with E-state index in [0.29, 0.717) is 21.6 Å². The van der Waals surface area contributed by atoms with Gasteiger partial charge in [-0.25, -0.2) is 4.39 Å². The van der Waals surface area contributed by atoms with Gasteiger partial charge in [0.2, 0.25) is 5.91 Å². The van der Waals surface area contributed by atoms with E-state index in [-0.39, 0.29) is 17.5 Å². The summed E-state index contributed by atoms with van der Waals surface area (Å²) in [5.74, 6) is 2.19. The summed E-state index contributed by atoms with van der Waals surface area (Å²) in [5, 5.41) is 12.8. The molecule has 0 saturated heterocycles. The minimum absolute atomic E-state index is 0.122. The number of amides is 1. The summed E-state index contributed by atoms with van der Waals surface area (Å²) in [4.78, 5) is 12.3. The number of halogens is 2. The van der Waals surface area contributed by atoms with Crippen LogP contribution in [0.3, 0.4) is 0 Å². The molecule has 3 aromatic rings. The van der Waals surface area contributed by atoms with Crippen molar-refractivity contribution in [3.8, 4) is 0 Å². The third-order valence-electron chi connectivity index (χ3n) is 4.40. The van der Waals surface area contributed by atoms with Gasteiger partial charge in [0.15, 0.2) is 5.16 Å². The lowest BCUT2D eigenvalue weighted by Gasteiger charge is -2.10. The van der Waals surface area contributed by atoms with Crippen LogP contribution in [0.5, 0.6) is 0 Å². The number of carbonyl (C=O) groups is 1. The highest BCUT2D eigenvalue weighted by molar-refractivity contribution is 7.99. The van der Waals surface area contributed by atoms with Crippen molar-refractivity contribution < 1.29 is 9.18 Å². The number of benzene rings is 2. The number of rotatable bonds is 9. The first-order valence-corrected chi connectivity index (χ1v) is 11.9. The quantitative estimate of drug-likeness (QED) is 0.420. The van der Waals surface area contributed by atoms with Crippen LogP contribution in [0.4, 0.5) is 10.1 Å². The first-order chi connectivity index (χ1) is 14.5. The Morgan fingerprint density at radius 2 is 1.93 bits per heavy atom. The molecule has 3 rings (SSSR count). The van der Waals surface area contributed by atoms with Gasteiger partial charge < -0.3 is 9.88 Å². The molecule has 9 heteroatoms. The van der Waals surface area contributed by atoms with Gasteiger partial charge in [-0.1, -0.05) is 41.6 Å². The van der Waals surface area contributed by atoms with Crippen LogP contribution in [0.15, 0.2) is 47.6 Å². The fourth-order valence-corrected chi connectivity index (χ4v) is 4.67. The minimum atomic E-state index is -0.231. The first kappa shape index (κ1) is 22.7. The second kappa shape index (κ2) is 10.8. The molecule has 2 aromatic carbocycles. The lowest BCUT2D eigenvalue weighted by atomic mass is 10.2. The van der Waals surface area contributed by atoms with Crippen LogP contribution >= 0.6 is 35.1 Å². The van der Waals surface area contributed by atoms with E-state index in [1.807, 2.05) is 30.5 Å². The van der Waals surface area contributed by atoms with Crippen molar-refractivity contribution in [1.29, 1.82) is 0 Å². The summed E-state index contributed by atoms with van der Waals surface area (Å²) >= 11 is 9.15. The number of hydrogen-bond donors (Lipinski definition) is 1. The third kappa shape index (κ3) is 6.00. The molecule has 1 aromatic heterocycles. The van der Waals surface area contributed by atoms with E-state index in [9.17, 15) is 9.18 Å². The Hall–Kier alpha value is -2.03. The van der Waals surface area contributed by atoms with Gasteiger partial charge in [0.1, 0.15) is 11.6 Å². The number of carbonyl (C=O) groups excluding carboxylic acids is 1. The topological polar surface area (TPSA) is 59.8 Å². The Morgan fingerprint density at radius 1 is 1.17 bits per heavy atom. The zero-order chi connectivity index (χ0) is 21.5. The molecule has 0 radical (unpaired) electrons. The molecule has 0 aliphatic heterocycles. The maximum atomic E-state index is 13.0. The maximum absolute atomic E-state index is 13.0. The molecule has 158 valence electrons. The van der Waals surface area contributed by atoms with Crippen molar-refractivity contribution >= 4 is 46.7 Å². The number of aromatic nitrogens is 3. The van der Waals surface area contributed by atoms with E-state index < -0.39 is 0 Å². The van der Waals surface area contributed by atoms with Crippen LogP contribution < -0.4 is 5.32 Å². The van der Waals surface area contributed by atoms with Crippen molar-refractivity contribution in [3.05, 3.63) is 70.3 Å². The summed E-state index contributed by atoms with van der Waals surface area (Å²) in [6, 6.07) is 11.9. The van der Waals surface area contributed by atoms with Gasteiger partial charge in [-0.05, 0) is 49.2 Å². The second-order valence-electron chi connectivity index (χ2n) is 6.51. The molecule has 0 aliphatic carbocycles. The van der Waals surface area contributed by atoms with Crippen molar-refractivity contribution in [2.75, 3.05) is 11.1 Å². The van der Waals surface area contributed by atoms with Crippen molar-refractivity contribution in [1.82, 2.24) is 14.8 Å². The molecule has 1 amide bonds. The highest BCUT2D eigenvalue weighted by Gasteiger charge is 2.14. The van der Waals surface area contributed by atoms with Crippen LogP contribution in [-0.2, 0) is 22.8 Å². The molecule has 0 atom stereocenters. The van der Waals surface area contributed by atoms with Crippen molar-refractivity contribution in [3.63, 3.8) is 0 Å². The van der Waals surface area contributed by atoms with Crippen LogP contribution in [0.2, 0.25) is 5.02 Å². The molecule has 0 saturated carbocycles. The Bertz CT molecular complexity index is 1010. The highest BCUT2D eigenvalue weighted by atomic mass is 35.5. The van der Waals surface area contributed by atoms with Crippen LogP contribution in [0.25, 0.3) is 0 Å². The normalized spacial score (nSPS) is 10.9. The van der Waals surface area contributed by atoms with Crippen LogP contribution in [0.1, 0.15) is 23.9 Å². The fraction of sp³-hybridized carbons (Fsp3) is 0.286. The zero-order valence-corrected chi connectivity index (χ0v) is 19.1. The van der Waals surface area contributed by atoms with Crippen LogP contribution in [-0.4, -0.2) is 26.4 Å². The van der Waals surface area contributed by atoms with Gasteiger partial charge in [-0.3, -0.25) is 4.79 Å². The van der Waals surface area contributed by atoms with Crippen molar-refractivity contribution in [2.24, 2.45) is 0 Å². The summed E-state index contributed by atoms with van der Waals surface area (Å²) in [5.41, 5.74) is 2.61. The predicted octanol–water partition coefficient (Wildman–Crippen LogP) is 5.56. The molecular weight excluding hydrogens is 443 g/mol. The molecule has 0 spiro atoms. The highest BCUT2D eigenvalue weighted by Crippen LogP contribution is 2.25. The Balaban J connectivity index is 1.53. The number of nitrogens with zero attached hydrogens (tertiary/aromatic N) is 3. The fourth-order valence-electron chi connectivity index (χ4n) is 2.75. The average molecular weight is 465 g/mol. The summed E-state index contributed by atoms with van der Waals surface area (Å²) in [6.45, 7) is 4.61. The minimum Gasteiger partial charge on any atom is -0.325 e. The molecule has 30 heavy (non-hydrogen) atoms. The van der Waals surface area contributed by atoms with E-state index >= 15 is 0 Å². The molecule has 0 aliphatic rings. The molecule has 5 nitrogen and oxygen atoms in total. The van der Waals surface area contributed by atoms with Crippen LogP contribution in [0, 0.1) is 12.7 Å². The van der Waals surface area contributed by atoms with Gasteiger partial charge >= 0.3 is 0 Å². The SMILES string of the molecule is CCn1c(CSCc2ccc(F)cc2)nnc1SCC(=O)Nc1cccc(Cl)c1C. The van der Waals surface area contributed by atoms with Gasteiger partial charge in [0.05, 0.1) is 11.5 Å².